The fourth-order valence-electron chi connectivity index (χ4n) is 2.12. The van der Waals surface area contributed by atoms with Crippen LogP contribution in [0.5, 0.6) is 0 Å². The Bertz CT molecular complexity index is 839. The molecule has 2 N–H and O–H groups in total. The minimum absolute atomic E-state index is 0. The van der Waals surface area contributed by atoms with Crippen LogP contribution in [0.25, 0.3) is 11.2 Å². The molecule has 0 aliphatic rings. The summed E-state index contributed by atoms with van der Waals surface area (Å²) < 4.78 is 32.1. The van der Waals surface area contributed by atoms with Crippen LogP contribution in [0.2, 0.25) is 0 Å². The van der Waals surface area contributed by atoms with Gasteiger partial charge in [-0.25, -0.2) is 4.39 Å². The number of aromatic nitrogens is 4. The number of hydrogen-bond donors (Lipinski definition) is 2. The van der Waals surface area contributed by atoms with Crippen molar-refractivity contribution in [1.82, 2.24) is 19.5 Å². The van der Waals surface area contributed by atoms with Crippen LogP contribution in [0.4, 0.5) is 4.39 Å². The summed E-state index contributed by atoms with van der Waals surface area (Å²) in [5.74, 6) is -2.62. The molecule has 2 rings (SSSR count). The van der Waals surface area contributed by atoms with Crippen molar-refractivity contribution in [2.75, 3.05) is 6.35 Å². The van der Waals surface area contributed by atoms with E-state index in [2.05, 4.69) is 34.4 Å². The van der Waals surface area contributed by atoms with E-state index in [0.29, 0.717) is 16.9 Å². The second-order valence-corrected chi connectivity index (χ2v) is 6.81. The van der Waals surface area contributed by atoms with E-state index in [-0.39, 0.29) is 38.3 Å². The van der Waals surface area contributed by atoms with Gasteiger partial charge in [0.15, 0.2) is 6.35 Å². The van der Waals surface area contributed by atoms with Crippen LogP contribution in [0.3, 0.4) is 0 Å². The van der Waals surface area contributed by atoms with Crippen molar-refractivity contribution in [2.45, 2.75) is 25.7 Å². The van der Waals surface area contributed by atoms with Gasteiger partial charge < -0.3 is 29.1 Å². The van der Waals surface area contributed by atoms with E-state index in [1.807, 2.05) is 0 Å². The molecule has 11 heteroatoms. The Morgan fingerprint density at radius 1 is 1.60 bits per heavy atom. The average Bonchev–Trinajstić information content (AvgIpc) is 2.96. The van der Waals surface area contributed by atoms with Gasteiger partial charge in [0.05, 0.1) is 6.33 Å². The number of nitrogens with zero attached hydrogens (tertiary/aromatic N) is 4. The maximum Gasteiger partial charge on any atom is 0.351 e. The van der Waals surface area contributed by atoms with Gasteiger partial charge in [-0.15, -0.1) is 0 Å². The summed E-state index contributed by atoms with van der Waals surface area (Å²) in [6.07, 6.45) is 3.63. The van der Waals surface area contributed by atoms with Crippen molar-refractivity contribution in [1.29, 1.82) is 0 Å². The van der Waals surface area contributed by atoms with Gasteiger partial charge in [-0.2, -0.15) is 0 Å². The SMILES string of the molecule is C=C[C@](F)(OCP(=O)(O)O)C(=C)[C@H](C)n1cnc2c(C)n[c-]nc21.[Y]. The summed E-state index contributed by atoms with van der Waals surface area (Å²) >= 11 is 0. The van der Waals surface area contributed by atoms with Crippen molar-refractivity contribution in [2.24, 2.45) is 0 Å². The standard InChI is InChI=1S/C14H17FN4O4P.Y/c1-5-14(15,23-8-24(20,21)22)9(2)11(4)19-7-18-12-10(3)16-6-17-13(12)19;/h5,7,11H,1-2,8H2,3-4H3,(H2,20,21,22);/q-1;/t11-,14-;/m0./s1. The molecule has 2 aromatic heterocycles. The number of aryl methyl sites for hydroxylation is 1. The summed E-state index contributed by atoms with van der Waals surface area (Å²) in [5, 5.41) is 0. The molecule has 0 aliphatic carbocycles. The van der Waals surface area contributed by atoms with E-state index in [1.165, 1.54) is 6.33 Å². The summed E-state index contributed by atoms with van der Waals surface area (Å²) in [6.45, 7) is 10.3. The zero-order valence-corrected chi connectivity index (χ0v) is 17.5. The number of ether oxygens (including phenoxy) is 1. The third kappa shape index (κ3) is 4.87. The molecule has 0 spiro atoms. The van der Waals surface area contributed by atoms with Crippen molar-refractivity contribution < 1.29 is 56.2 Å². The Labute approximate surface area is 169 Å². The summed E-state index contributed by atoms with van der Waals surface area (Å²) in [6, 6.07) is -0.683. The van der Waals surface area contributed by atoms with Crippen LogP contribution in [0.15, 0.2) is 31.1 Å². The van der Waals surface area contributed by atoms with Gasteiger partial charge in [-0.3, -0.25) is 9.55 Å². The zero-order chi connectivity index (χ0) is 18.1. The van der Waals surface area contributed by atoms with Gasteiger partial charge in [-0.1, -0.05) is 20.1 Å². The molecule has 1 radical (unpaired) electrons. The number of halogens is 1. The van der Waals surface area contributed by atoms with Gasteiger partial charge >= 0.3 is 7.60 Å². The summed E-state index contributed by atoms with van der Waals surface area (Å²) in [4.78, 5) is 29.8. The van der Waals surface area contributed by atoms with Crippen LogP contribution >= 0.6 is 7.60 Å². The minimum atomic E-state index is -4.55. The number of imidazole rings is 1. The molecule has 0 aromatic carbocycles. The predicted molar refractivity (Wildman–Crippen MR) is 84.8 cm³/mol. The second kappa shape index (κ2) is 8.25. The van der Waals surface area contributed by atoms with E-state index in [0.717, 1.165) is 6.08 Å². The van der Waals surface area contributed by atoms with Crippen LogP contribution < -0.4 is 0 Å². The first-order valence-electron chi connectivity index (χ1n) is 6.86. The molecule has 0 fully saturated rings. The van der Waals surface area contributed by atoms with Crippen LogP contribution in [-0.4, -0.2) is 41.5 Å². The van der Waals surface area contributed by atoms with Crippen LogP contribution in [0, 0.1) is 13.3 Å². The van der Waals surface area contributed by atoms with E-state index >= 15 is 0 Å². The Hall–Kier alpha value is -0.826. The number of fused-ring (bicyclic) bond motifs is 1. The van der Waals surface area contributed by atoms with E-state index in [1.54, 1.807) is 18.4 Å². The van der Waals surface area contributed by atoms with Gasteiger partial charge in [0, 0.05) is 61.8 Å². The normalized spacial score (nSPS) is 15.2. The molecular formula is C14H17FN4O4PY-. The molecule has 0 unspecified atom stereocenters. The van der Waals surface area contributed by atoms with E-state index in [9.17, 15) is 8.96 Å². The molecule has 0 bridgehead atoms. The molecular weight excluding hydrogens is 427 g/mol. The Balaban J connectivity index is 0.00000312. The molecule has 2 aromatic rings. The fourth-order valence-corrected chi connectivity index (χ4v) is 2.47. The molecule has 0 amide bonds. The van der Waals surface area contributed by atoms with Gasteiger partial charge in [-0.05, 0) is 18.7 Å². The van der Waals surface area contributed by atoms with Crippen molar-refractivity contribution in [3.8, 4) is 0 Å². The second-order valence-electron chi connectivity index (χ2n) is 5.22. The first-order valence-corrected chi connectivity index (χ1v) is 8.66. The van der Waals surface area contributed by atoms with Gasteiger partial charge in [0.2, 0.25) is 0 Å². The average molecular weight is 444 g/mol. The molecule has 133 valence electrons. The molecule has 0 saturated carbocycles. The summed E-state index contributed by atoms with van der Waals surface area (Å²) in [7, 11) is -4.55. The third-order valence-electron chi connectivity index (χ3n) is 3.55. The van der Waals surface area contributed by atoms with Crippen LogP contribution in [0.1, 0.15) is 18.7 Å². The predicted octanol–water partition coefficient (Wildman–Crippen LogP) is 2.05. The zero-order valence-electron chi connectivity index (χ0n) is 13.8. The van der Waals surface area contributed by atoms with Gasteiger partial charge in [0.25, 0.3) is 5.85 Å². The van der Waals surface area contributed by atoms with Crippen molar-refractivity contribution in [3.05, 3.63) is 43.2 Å². The fraction of sp³-hybridized carbons (Fsp3) is 0.357. The smallest absolute Gasteiger partial charge is 0.351 e. The topological polar surface area (TPSA) is 110 Å². The number of hydrogen-bond acceptors (Lipinski definition) is 5. The number of alkyl halides is 1. The van der Waals surface area contributed by atoms with E-state index < -0.39 is 25.8 Å². The molecule has 2 atom stereocenters. The first kappa shape index (κ1) is 22.2. The van der Waals surface area contributed by atoms with Gasteiger partial charge in [0.1, 0.15) is 0 Å². The molecule has 0 aliphatic heterocycles. The third-order valence-corrected chi connectivity index (χ3v) is 4.01. The molecule has 25 heavy (non-hydrogen) atoms. The number of rotatable bonds is 7. The molecule has 0 saturated heterocycles. The Kier molecular flexibility index (Phi) is 7.33. The molecule has 8 nitrogen and oxygen atoms in total. The maximum atomic E-state index is 14.9. The van der Waals surface area contributed by atoms with E-state index in [4.69, 9.17) is 14.5 Å². The van der Waals surface area contributed by atoms with Crippen molar-refractivity contribution >= 4 is 18.8 Å². The Morgan fingerprint density at radius 3 is 2.80 bits per heavy atom. The summed E-state index contributed by atoms with van der Waals surface area (Å²) in [5.41, 5.74) is 1.47. The largest absolute Gasteiger partial charge is 0.369 e. The monoisotopic (exact) mass is 444 g/mol. The molecule has 2 heterocycles. The first-order chi connectivity index (χ1) is 11.1. The van der Waals surface area contributed by atoms with Crippen LogP contribution in [-0.2, 0) is 42.0 Å². The van der Waals surface area contributed by atoms with Crippen molar-refractivity contribution in [3.63, 3.8) is 0 Å². The Morgan fingerprint density at radius 2 is 2.24 bits per heavy atom. The maximum absolute atomic E-state index is 14.9. The quantitative estimate of drug-likeness (QED) is 0.382. The minimum Gasteiger partial charge on any atom is -0.369 e.